The molecule has 0 radical (unpaired) electrons. The molecule has 128 valence electrons. The van der Waals surface area contributed by atoms with Crippen LogP contribution in [0.5, 0.6) is 5.75 Å². The first-order chi connectivity index (χ1) is 12.2. The van der Waals surface area contributed by atoms with E-state index >= 15 is 0 Å². The third-order valence-corrected chi connectivity index (χ3v) is 4.64. The fourth-order valence-electron chi connectivity index (χ4n) is 3.24. The average molecular weight is 336 g/mol. The van der Waals surface area contributed by atoms with Gasteiger partial charge in [0.2, 0.25) is 0 Å². The predicted molar refractivity (Wildman–Crippen MR) is 95.9 cm³/mol. The van der Waals surface area contributed by atoms with Crippen molar-refractivity contribution in [3.05, 3.63) is 66.0 Å². The van der Waals surface area contributed by atoms with Crippen LogP contribution >= 0.6 is 0 Å². The van der Waals surface area contributed by atoms with Gasteiger partial charge in [0.1, 0.15) is 11.9 Å². The zero-order valence-electron chi connectivity index (χ0n) is 14.1. The first-order valence-corrected chi connectivity index (χ1v) is 8.36. The second-order valence-corrected chi connectivity index (χ2v) is 6.18. The number of morpholine rings is 1. The summed E-state index contributed by atoms with van der Waals surface area (Å²) in [6.07, 6.45) is 3.39. The summed E-state index contributed by atoms with van der Waals surface area (Å²) in [6, 6.07) is 14.1. The first-order valence-electron chi connectivity index (χ1n) is 8.36. The van der Waals surface area contributed by atoms with Crippen molar-refractivity contribution in [2.24, 2.45) is 0 Å². The number of fused-ring (bicyclic) bond motifs is 1. The standard InChI is InChI=1S/C20H20N2O3/c1-24-18-5-4-14-10-16(3-2-15(14)11-18)19-13-22(8-9-25-19)20(23)17-6-7-21-12-17/h2-7,10-12,19,21H,8-9,13H2,1H3/t19-/m0/s1. The molecule has 2 heterocycles. The van der Waals surface area contributed by atoms with Crippen LogP contribution in [0, 0.1) is 0 Å². The van der Waals surface area contributed by atoms with Gasteiger partial charge < -0.3 is 19.4 Å². The molecule has 5 heteroatoms. The molecular formula is C20H20N2O3. The molecule has 4 rings (SSSR count). The lowest BCUT2D eigenvalue weighted by Crippen LogP contribution is -2.42. The van der Waals surface area contributed by atoms with Gasteiger partial charge in [0.25, 0.3) is 5.91 Å². The Kier molecular flexibility index (Phi) is 4.15. The van der Waals surface area contributed by atoms with Crippen molar-refractivity contribution in [1.82, 2.24) is 9.88 Å². The Morgan fingerprint density at radius 3 is 2.84 bits per heavy atom. The van der Waals surface area contributed by atoms with Crippen molar-refractivity contribution in [2.75, 3.05) is 26.8 Å². The number of methoxy groups -OCH3 is 1. The number of aromatic nitrogens is 1. The third-order valence-electron chi connectivity index (χ3n) is 4.64. The zero-order chi connectivity index (χ0) is 17.2. The summed E-state index contributed by atoms with van der Waals surface area (Å²) in [5, 5.41) is 2.26. The number of benzene rings is 2. The summed E-state index contributed by atoms with van der Waals surface area (Å²) in [4.78, 5) is 17.3. The Bertz CT molecular complexity index is 889. The molecule has 1 atom stereocenters. The molecule has 25 heavy (non-hydrogen) atoms. The van der Waals surface area contributed by atoms with Gasteiger partial charge in [-0.25, -0.2) is 0 Å². The SMILES string of the molecule is COc1ccc2cc([C@@H]3CN(C(=O)c4cc[nH]c4)CCO3)ccc2c1. The summed E-state index contributed by atoms with van der Waals surface area (Å²) in [5.74, 6) is 0.887. The number of rotatable bonds is 3. The lowest BCUT2D eigenvalue weighted by atomic mass is 10.0. The van der Waals surface area contributed by atoms with Gasteiger partial charge >= 0.3 is 0 Å². The van der Waals surface area contributed by atoms with Crippen LogP contribution in [-0.4, -0.2) is 42.6 Å². The first kappa shape index (κ1) is 15.7. The molecule has 1 fully saturated rings. The fraction of sp³-hybridized carbons (Fsp3) is 0.250. The van der Waals surface area contributed by atoms with Crippen molar-refractivity contribution in [1.29, 1.82) is 0 Å². The third kappa shape index (κ3) is 3.10. The Balaban J connectivity index is 1.56. The van der Waals surface area contributed by atoms with E-state index in [9.17, 15) is 4.79 Å². The van der Waals surface area contributed by atoms with Crippen LogP contribution in [0.3, 0.4) is 0 Å². The number of hydrogen-bond donors (Lipinski definition) is 1. The van der Waals surface area contributed by atoms with Gasteiger partial charge in [-0.2, -0.15) is 0 Å². The Labute approximate surface area is 146 Å². The second kappa shape index (κ2) is 6.61. The Morgan fingerprint density at radius 2 is 2.04 bits per heavy atom. The van der Waals surface area contributed by atoms with Crippen LogP contribution in [0.4, 0.5) is 0 Å². The maximum atomic E-state index is 12.6. The number of aromatic amines is 1. The molecule has 1 aromatic heterocycles. The van der Waals surface area contributed by atoms with E-state index in [0.717, 1.165) is 22.1 Å². The highest BCUT2D eigenvalue weighted by molar-refractivity contribution is 5.94. The molecule has 1 aliphatic heterocycles. The topological polar surface area (TPSA) is 54.6 Å². The fourth-order valence-corrected chi connectivity index (χ4v) is 3.24. The molecule has 1 aliphatic rings. The van der Waals surface area contributed by atoms with Gasteiger partial charge in [-0.3, -0.25) is 4.79 Å². The van der Waals surface area contributed by atoms with Crippen LogP contribution < -0.4 is 4.74 Å². The molecule has 0 spiro atoms. The summed E-state index contributed by atoms with van der Waals surface area (Å²) >= 11 is 0. The van der Waals surface area contributed by atoms with Gasteiger partial charge in [-0.1, -0.05) is 18.2 Å². The van der Waals surface area contributed by atoms with Crippen molar-refractivity contribution in [3.8, 4) is 5.75 Å². The average Bonchev–Trinajstić information content (AvgIpc) is 3.21. The molecule has 5 nitrogen and oxygen atoms in total. The van der Waals surface area contributed by atoms with E-state index in [1.807, 2.05) is 23.1 Å². The van der Waals surface area contributed by atoms with E-state index in [4.69, 9.17) is 9.47 Å². The van der Waals surface area contributed by atoms with E-state index in [-0.39, 0.29) is 12.0 Å². The monoisotopic (exact) mass is 336 g/mol. The van der Waals surface area contributed by atoms with Crippen molar-refractivity contribution < 1.29 is 14.3 Å². The molecule has 0 aliphatic carbocycles. The van der Waals surface area contributed by atoms with E-state index in [2.05, 4.69) is 23.2 Å². The Morgan fingerprint density at radius 1 is 1.20 bits per heavy atom. The molecule has 0 bridgehead atoms. The molecule has 1 N–H and O–H groups in total. The number of ether oxygens (including phenoxy) is 2. The minimum absolute atomic E-state index is 0.0417. The number of H-pyrrole nitrogens is 1. The van der Waals surface area contributed by atoms with E-state index in [1.54, 1.807) is 25.6 Å². The normalized spacial score (nSPS) is 17.6. The highest BCUT2D eigenvalue weighted by Gasteiger charge is 2.26. The molecule has 2 aromatic carbocycles. The molecule has 3 aromatic rings. The molecule has 1 saturated heterocycles. The second-order valence-electron chi connectivity index (χ2n) is 6.18. The van der Waals surface area contributed by atoms with Gasteiger partial charge in [0.05, 0.1) is 25.8 Å². The van der Waals surface area contributed by atoms with Crippen LogP contribution in [0.15, 0.2) is 54.9 Å². The number of carbonyl (C=O) groups is 1. The lowest BCUT2D eigenvalue weighted by molar-refractivity contribution is -0.0227. The van der Waals surface area contributed by atoms with Gasteiger partial charge in [-0.05, 0) is 40.6 Å². The number of nitrogens with one attached hydrogen (secondary N) is 1. The molecular weight excluding hydrogens is 316 g/mol. The highest BCUT2D eigenvalue weighted by atomic mass is 16.5. The molecule has 1 amide bonds. The highest BCUT2D eigenvalue weighted by Crippen LogP contribution is 2.28. The van der Waals surface area contributed by atoms with Crippen LogP contribution in [0.25, 0.3) is 10.8 Å². The summed E-state index contributed by atoms with van der Waals surface area (Å²) in [7, 11) is 1.67. The van der Waals surface area contributed by atoms with Crippen LogP contribution in [-0.2, 0) is 4.74 Å². The molecule has 0 saturated carbocycles. The summed E-state index contributed by atoms with van der Waals surface area (Å²) in [6.45, 7) is 1.72. The van der Waals surface area contributed by atoms with Crippen molar-refractivity contribution >= 4 is 16.7 Å². The van der Waals surface area contributed by atoms with E-state index < -0.39 is 0 Å². The maximum Gasteiger partial charge on any atom is 0.255 e. The van der Waals surface area contributed by atoms with E-state index in [1.165, 1.54) is 0 Å². The van der Waals surface area contributed by atoms with Crippen LogP contribution in [0.1, 0.15) is 22.0 Å². The quantitative estimate of drug-likeness (QED) is 0.798. The maximum absolute atomic E-state index is 12.6. The number of hydrogen-bond acceptors (Lipinski definition) is 3. The lowest BCUT2D eigenvalue weighted by Gasteiger charge is -2.33. The largest absolute Gasteiger partial charge is 0.497 e. The number of amides is 1. The van der Waals surface area contributed by atoms with Gasteiger partial charge in [0.15, 0.2) is 0 Å². The van der Waals surface area contributed by atoms with Crippen LogP contribution in [0.2, 0.25) is 0 Å². The number of carbonyl (C=O) groups excluding carboxylic acids is 1. The zero-order valence-corrected chi connectivity index (χ0v) is 14.1. The Hall–Kier alpha value is -2.79. The number of nitrogens with zero attached hydrogens (tertiary/aromatic N) is 1. The molecule has 0 unspecified atom stereocenters. The minimum Gasteiger partial charge on any atom is -0.497 e. The predicted octanol–water partition coefficient (Wildman–Crippen LogP) is 3.39. The smallest absolute Gasteiger partial charge is 0.255 e. The van der Waals surface area contributed by atoms with Crippen molar-refractivity contribution in [2.45, 2.75) is 6.10 Å². The minimum atomic E-state index is -0.108. The van der Waals surface area contributed by atoms with Gasteiger partial charge in [-0.15, -0.1) is 0 Å². The van der Waals surface area contributed by atoms with Crippen molar-refractivity contribution in [3.63, 3.8) is 0 Å². The summed E-state index contributed by atoms with van der Waals surface area (Å²) in [5.41, 5.74) is 1.77. The van der Waals surface area contributed by atoms with Gasteiger partial charge in [0, 0.05) is 18.9 Å². The summed E-state index contributed by atoms with van der Waals surface area (Å²) < 4.78 is 11.2. The van der Waals surface area contributed by atoms with E-state index in [0.29, 0.717) is 25.3 Å².